The molecule has 0 radical (unpaired) electrons. The maximum Gasteiger partial charge on any atom is 0.397 e. The lowest BCUT2D eigenvalue weighted by Gasteiger charge is -2.10. The van der Waals surface area contributed by atoms with E-state index in [-0.39, 0.29) is 11.4 Å². The van der Waals surface area contributed by atoms with Crippen LogP contribution in [-0.2, 0) is 9.53 Å². The molecule has 0 fully saturated rings. The molecule has 0 bridgehead atoms. The van der Waals surface area contributed by atoms with Crippen LogP contribution in [0.3, 0.4) is 0 Å². The summed E-state index contributed by atoms with van der Waals surface area (Å²) in [4.78, 5) is 10.8. The van der Waals surface area contributed by atoms with Crippen molar-refractivity contribution in [1.29, 1.82) is 0 Å². The molecular weight excluding hydrogens is 279 g/mol. The Hall–Kier alpha value is -0.300. The standard InChI is InChI=1S/C8H13BrF3NO2/c1-15-5-6(9)2-3-13-7(14)4-8(10,11)12/h6H,2-5H2,1H3,(H,13,14). The van der Waals surface area contributed by atoms with Gasteiger partial charge in [-0.2, -0.15) is 13.2 Å². The highest BCUT2D eigenvalue weighted by Gasteiger charge is 2.30. The summed E-state index contributed by atoms with van der Waals surface area (Å²) in [6.07, 6.45) is -5.34. The van der Waals surface area contributed by atoms with Crippen LogP contribution in [0, 0.1) is 0 Å². The van der Waals surface area contributed by atoms with Crippen molar-refractivity contribution in [3.63, 3.8) is 0 Å². The average molecular weight is 292 g/mol. The fraction of sp³-hybridized carbons (Fsp3) is 0.875. The minimum Gasteiger partial charge on any atom is -0.384 e. The molecule has 0 aliphatic heterocycles. The Balaban J connectivity index is 3.55. The van der Waals surface area contributed by atoms with Crippen molar-refractivity contribution >= 4 is 21.8 Å². The number of hydrogen-bond donors (Lipinski definition) is 1. The zero-order valence-electron chi connectivity index (χ0n) is 8.23. The molecule has 90 valence electrons. The summed E-state index contributed by atoms with van der Waals surface area (Å²) < 4.78 is 40.0. The molecule has 0 saturated carbocycles. The Morgan fingerprint density at radius 1 is 1.53 bits per heavy atom. The third-order valence-corrected chi connectivity index (χ3v) is 2.21. The van der Waals surface area contributed by atoms with Crippen molar-refractivity contribution in [1.82, 2.24) is 5.32 Å². The Labute approximate surface area is 94.5 Å². The minimum absolute atomic E-state index is 0.0358. The summed E-state index contributed by atoms with van der Waals surface area (Å²) >= 11 is 3.25. The molecule has 15 heavy (non-hydrogen) atoms. The van der Waals surface area contributed by atoms with Crippen LogP contribution in [0.5, 0.6) is 0 Å². The molecule has 3 nitrogen and oxygen atoms in total. The van der Waals surface area contributed by atoms with Crippen LogP contribution in [0.15, 0.2) is 0 Å². The number of carbonyl (C=O) groups excluding carboxylic acids is 1. The maximum absolute atomic E-state index is 11.7. The van der Waals surface area contributed by atoms with Crippen molar-refractivity contribution in [2.24, 2.45) is 0 Å². The first-order chi connectivity index (χ1) is 6.85. The highest BCUT2D eigenvalue weighted by molar-refractivity contribution is 9.09. The first kappa shape index (κ1) is 14.7. The number of carbonyl (C=O) groups is 1. The van der Waals surface area contributed by atoms with Crippen molar-refractivity contribution in [2.75, 3.05) is 20.3 Å². The van der Waals surface area contributed by atoms with Gasteiger partial charge >= 0.3 is 6.18 Å². The predicted molar refractivity (Wildman–Crippen MR) is 52.9 cm³/mol. The Bertz CT molecular complexity index is 199. The Kier molecular flexibility index (Phi) is 6.91. The fourth-order valence-corrected chi connectivity index (χ4v) is 1.37. The summed E-state index contributed by atoms with van der Waals surface area (Å²) in [5.74, 6) is -1.00. The van der Waals surface area contributed by atoms with E-state index in [0.717, 1.165) is 0 Å². The van der Waals surface area contributed by atoms with Gasteiger partial charge in [-0.15, -0.1) is 0 Å². The van der Waals surface area contributed by atoms with E-state index in [2.05, 4.69) is 21.2 Å². The Morgan fingerprint density at radius 2 is 2.13 bits per heavy atom. The van der Waals surface area contributed by atoms with Gasteiger partial charge in [-0.3, -0.25) is 4.79 Å². The van der Waals surface area contributed by atoms with E-state index in [1.54, 1.807) is 0 Å². The van der Waals surface area contributed by atoms with Crippen molar-refractivity contribution in [3.05, 3.63) is 0 Å². The van der Waals surface area contributed by atoms with E-state index in [9.17, 15) is 18.0 Å². The van der Waals surface area contributed by atoms with Crippen LogP contribution in [0.2, 0.25) is 0 Å². The highest BCUT2D eigenvalue weighted by atomic mass is 79.9. The molecule has 0 aromatic rings. The lowest BCUT2D eigenvalue weighted by molar-refractivity contribution is -0.153. The molecule has 1 amide bonds. The van der Waals surface area contributed by atoms with Gasteiger partial charge in [0.1, 0.15) is 6.42 Å². The number of methoxy groups -OCH3 is 1. The van der Waals surface area contributed by atoms with E-state index in [1.807, 2.05) is 0 Å². The second kappa shape index (κ2) is 7.05. The molecule has 7 heteroatoms. The van der Waals surface area contributed by atoms with Gasteiger partial charge in [0.05, 0.1) is 6.61 Å². The number of hydrogen-bond acceptors (Lipinski definition) is 2. The number of alkyl halides is 4. The van der Waals surface area contributed by atoms with Gasteiger partial charge in [0.15, 0.2) is 0 Å². The molecule has 1 atom stereocenters. The summed E-state index contributed by atoms with van der Waals surface area (Å²) in [6, 6.07) is 0. The molecule has 0 aliphatic carbocycles. The van der Waals surface area contributed by atoms with Crippen LogP contribution in [-0.4, -0.2) is 37.2 Å². The third kappa shape index (κ3) is 9.99. The monoisotopic (exact) mass is 291 g/mol. The first-order valence-electron chi connectivity index (χ1n) is 4.31. The summed E-state index contributed by atoms with van der Waals surface area (Å²) in [5.41, 5.74) is 0. The van der Waals surface area contributed by atoms with Gasteiger partial charge in [-0.1, -0.05) is 15.9 Å². The second-order valence-corrected chi connectivity index (χ2v) is 4.28. The van der Waals surface area contributed by atoms with Gasteiger partial charge in [-0.25, -0.2) is 0 Å². The molecule has 1 N–H and O–H groups in total. The van der Waals surface area contributed by atoms with E-state index >= 15 is 0 Å². The highest BCUT2D eigenvalue weighted by Crippen LogP contribution is 2.18. The third-order valence-electron chi connectivity index (χ3n) is 1.49. The van der Waals surface area contributed by atoms with Crippen LogP contribution in [0.4, 0.5) is 13.2 Å². The van der Waals surface area contributed by atoms with Crippen LogP contribution >= 0.6 is 15.9 Å². The molecule has 0 rings (SSSR count). The van der Waals surface area contributed by atoms with Gasteiger partial charge in [0.25, 0.3) is 0 Å². The topological polar surface area (TPSA) is 38.3 Å². The summed E-state index contributed by atoms with van der Waals surface area (Å²) in [6.45, 7) is 0.656. The Morgan fingerprint density at radius 3 is 2.60 bits per heavy atom. The largest absolute Gasteiger partial charge is 0.397 e. The summed E-state index contributed by atoms with van der Waals surface area (Å²) in [5, 5.41) is 2.18. The van der Waals surface area contributed by atoms with Crippen molar-refractivity contribution in [2.45, 2.75) is 23.8 Å². The average Bonchev–Trinajstić information content (AvgIpc) is 2.00. The molecule has 0 heterocycles. The molecule has 0 aromatic carbocycles. The number of amides is 1. The number of rotatable bonds is 6. The van der Waals surface area contributed by atoms with Crippen LogP contribution < -0.4 is 5.32 Å². The number of halogens is 4. The molecular formula is C8H13BrF3NO2. The SMILES string of the molecule is COCC(Br)CCNC(=O)CC(F)(F)F. The minimum atomic E-state index is -4.44. The summed E-state index contributed by atoms with van der Waals surface area (Å²) in [7, 11) is 1.52. The van der Waals surface area contributed by atoms with Crippen molar-refractivity contribution in [3.8, 4) is 0 Å². The molecule has 0 saturated heterocycles. The normalized spacial score (nSPS) is 13.7. The second-order valence-electron chi connectivity index (χ2n) is 2.98. The smallest absolute Gasteiger partial charge is 0.384 e. The number of nitrogens with one attached hydrogen (secondary N) is 1. The zero-order valence-corrected chi connectivity index (χ0v) is 9.82. The molecule has 0 spiro atoms. The zero-order chi connectivity index (χ0) is 11.9. The number of ether oxygens (including phenoxy) is 1. The van der Waals surface area contributed by atoms with E-state index in [0.29, 0.717) is 13.0 Å². The van der Waals surface area contributed by atoms with E-state index in [1.165, 1.54) is 7.11 Å². The lowest BCUT2D eigenvalue weighted by atomic mass is 10.3. The van der Waals surface area contributed by atoms with Crippen LogP contribution in [0.1, 0.15) is 12.8 Å². The first-order valence-corrected chi connectivity index (χ1v) is 5.23. The van der Waals surface area contributed by atoms with Gasteiger partial charge in [-0.05, 0) is 6.42 Å². The van der Waals surface area contributed by atoms with Crippen LogP contribution in [0.25, 0.3) is 0 Å². The quantitative estimate of drug-likeness (QED) is 0.759. The van der Waals surface area contributed by atoms with Crippen molar-refractivity contribution < 1.29 is 22.7 Å². The van der Waals surface area contributed by atoms with Gasteiger partial charge < -0.3 is 10.1 Å². The maximum atomic E-state index is 11.7. The molecule has 0 aromatic heterocycles. The fourth-order valence-electron chi connectivity index (χ4n) is 0.877. The molecule has 1 unspecified atom stereocenters. The lowest BCUT2D eigenvalue weighted by Crippen LogP contribution is -2.30. The molecule has 0 aliphatic rings. The van der Waals surface area contributed by atoms with E-state index in [4.69, 9.17) is 4.74 Å². The van der Waals surface area contributed by atoms with E-state index < -0.39 is 18.5 Å². The van der Waals surface area contributed by atoms with Gasteiger partial charge in [0, 0.05) is 18.5 Å². The van der Waals surface area contributed by atoms with Gasteiger partial charge in [0.2, 0.25) is 5.91 Å². The predicted octanol–water partition coefficient (Wildman–Crippen LogP) is 1.86.